The summed E-state index contributed by atoms with van der Waals surface area (Å²) in [7, 11) is 1.62. The van der Waals surface area contributed by atoms with Gasteiger partial charge < -0.3 is 14.9 Å². The molecule has 0 amide bonds. The lowest BCUT2D eigenvalue weighted by Crippen LogP contribution is -2.21. The van der Waals surface area contributed by atoms with Crippen LogP contribution in [0.4, 0.5) is 5.69 Å². The highest BCUT2D eigenvalue weighted by atomic mass is 16.5. The molecule has 0 spiro atoms. The predicted octanol–water partition coefficient (Wildman–Crippen LogP) is 3.49. The van der Waals surface area contributed by atoms with Crippen molar-refractivity contribution in [3.05, 3.63) is 54.1 Å². The normalized spacial score (nSPS) is 9.91. The Hall–Kier alpha value is -2.71. The molecule has 5 heteroatoms. The third-order valence-corrected chi connectivity index (χ3v) is 3.25. The van der Waals surface area contributed by atoms with Gasteiger partial charge in [-0.15, -0.1) is 0 Å². The van der Waals surface area contributed by atoms with E-state index in [1.807, 2.05) is 48.5 Å². The zero-order valence-corrected chi connectivity index (χ0v) is 13.2. The Balaban J connectivity index is 1.97. The number of ether oxygens (including phenoxy) is 2. The number of rotatable bonds is 9. The standard InChI is InChI=1S/C18H21N3O2/c1-22-17-11-7-8-15(18(17)23-13-6-5-12-19)14-20-21-16-9-3-2-4-10-16/h2-4,7-11,20-21H,5-6,13-14H2,1H3. The van der Waals surface area contributed by atoms with Gasteiger partial charge in [0.05, 0.1) is 19.8 Å². The molecule has 0 fully saturated rings. The fraction of sp³-hybridized carbons (Fsp3) is 0.278. The van der Waals surface area contributed by atoms with Crippen molar-refractivity contribution < 1.29 is 9.47 Å². The van der Waals surface area contributed by atoms with Crippen LogP contribution >= 0.6 is 0 Å². The largest absolute Gasteiger partial charge is 0.493 e. The molecular formula is C18H21N3O2. The summed E-state index contributed by atoms with van der Waals surface area (Å²) in [4.78, 5) is 0. The van der Waals surface area contributed by atoms with Crippen LogP contribution in [0.3, 0.4) is 0 Å². The molecule has 0 aliphatic carbocycles. The molecule has 0 bridgehead atoms. The highest BCUT2D eigenvalue weighted by Crippen LogP contribution is 2.31. The third kappa shape index (κ3) is 5.20. The number of nitriles is 1. The lowest BCUT2D eigenvalue weighted by molar-refractivity contribution is 0.287. The van der Waals surface area contributed by atoms with E-state index in [0.29, 0.717) is 31.7 Å². The first-order valence-electron chi connectivity index (χ1n) is 7.54. The predicted molar refractivity (Wildman–Crippen MR) is 90.2 cm³/mol. The lowest BCUT2D eigenvalue weighted by atomic mass is 10.2. The molecule has 2 N–H and O–H groups in total. The Kier molecular flexibility index (Phi) is 6.76. The van der Waals surface area contributed by atoms with Crippen molar-refractivity contribution in [1.29, 1.82) is 5.26 Å². The third-order valence-electron chi connectivity index (χ3n) is 3.25. The molecule has 0 aliphatic rings. The van der Waals surface area contributed by atoms with Crippen molar-refractivity contribution in [3.8, 4) is 17.6 Å². The van der Waals surface area contributed by atoms with Gasteiger partial charge in [0, 0.05) is 24.2 Å². The number of para-hydroxylation sites is 2. The summed E-state index contributed by atoms with van der Waals surface area (Å²) in [5.74, 6) is 1.41. The molecule has 0 radical (unpaired) electrons. The van der Waals surface area contributed by atoms with E-state index in [1.54, 1.807) is 7.11 Å². The average molecular weight is 311 g/mol. The van der Waals surface area contributed by atoms with Crippen LogP contribution in [-0.2, 0) is 6.54 Å². The highest BCUT2D eigenvalue weighted by Gasteiger charge is 2.10. The second kappa shape index (κ2) is 9.34. The Labute approximate surface area is 136 Å². The molecular weight excluding hydrogens is 290 g/mol. The van der Waals surface area contributed by atoms with Crippen LogP contribution in [-0.4, -0.2) is 13.7 Å². The minimum absolute atomic E-state index is 0.484. The van der Waals surface area contributed by atoms with Gasteiger partial charge >= 0.3 is 0 Å². The summed E-state index contributed by atoms with van der Waals surface area (Å²) in [5, 5.41) is 8.59. The van der Waals surface area contributed by atoms with Crippen molar-refractivity contribution in [2.75, 3.05) is 19.1 Å². The van der Waals surface area contributed by atoms with Gasteiger partial charge in [0.2, 0.25) is 0 Å². The molecule has 0 saturated heterocycles. The molecule has 0 saturated carbocycles. The Morgan fingerprint density at radius 1 is 1.09 bits per heavy atom. The van der Waals surface area contributed by atoms with Crippen LogP contribution < -0.4 is 20.3 Å². The SMILES string of the molecule is COc1cccc(CNNc2ccccc2)c1OCCCC#N. The van der Waals surface area contributed by atoms with Crippen molar-refractivity contribution >= 4 is 5.69 Å². The summed E-state index contributed by atoms with van der Waals surface area (Å²) in [6.45, 7) is 1.08. The summed E-state index contributed by atoms with van der Waals surface area (Å²) < 4.78 is 11.2. The number of unbranched alkanes of at least 4 members (excludes halogenated alkanes) is 1. The van der Waals surface area contributed by atoms with E-state index in [2.05, 4.69) is 16.9 Å². The van der Waals surface area contributed by atoms with Crippen molar-refractivity contribution in [1.82, 2.24) is 5.43 Å². The number of nitrogens with one attached hydrogen (secondary N) is 2. The van der Waals surface area contributed by atoms with Crippen LogP contribution in [0.2, 0.25) is 0 Å². The van der Waals surface area contributed by atoms with Crippen molar-refractivity contribution in [2.24, 2.45) is 0 Å². The fourth-order valence-corrected chi connectivity index (χ4v) is 2.11. The number of benzene rings is 2. The van der Waals surface area contributed by atoms with E-state index in [9.17, 15) is 0 Å². The van der Waals surface area contributed by atoms with Crippen LogP contribution in [0.25, 0.3) is 0 Å². The number of anilines is 1. The van der Waals surface area contributed by atoms with E-state index in [-0.39, 0.29) is 0 Å². The van der Waals surface area contributed by atoms with E-state index in [0.717, 1.165) is 17.0 Å². The highest BCUT2D eigenvalue weighted by molar-refractivity contribution is 5.47. The molecule has 5 nitrogen and oxygen atoms in total. The summed E-state index contributed by atoms with van der Waals surface area (Å²) in [6, 6.07) is 17.8. The number of hydrogen-bond acceptors (Lipinski definition) is 5. The number of methoxy groups -OCH3 is 1. The Bertz CT molecular complexity index is 638. The van der Waals surface area contributed by atoms with Gasteiger partial charge in [-0.2, -0.15) is 5.26 Å². The van der Waals surface area contributed by atoms with Gasteiger partial charge in [-0.25, -0.2) is 5.43 Å². The first-order valence-corrected chi connectivity index (χ1v) is 7.54. The smallest absolute Gasteiger partial charge is 0.165 e. The van der Waals surface area contributed by atoms with Crippen LogP contribution in [0.15, 0.2) is 48.5 Å². The molecule has 0 unspecified atom stereocenters. The first-order chi connectivity index (χ1) is 11.3. The zero-order chi connectivity index (χ0) is 16.3. The minimum atomic E-state index is 0.484. The van der Waals surface area contributed by atoms with E-state index in [1.165, 1.54) is 0 Å². The fourth-order valence-electron chi connectivity index (χ4n) is 2.11. The van der Waals surface area contributed by atoms with Gasteiger partial charge in [0.1, 0.15) is 0 Å². The van der Waals surface area contributed by atoms with E-state index >= 15 is 0 Å². The summed E-state index contributed by atoms with van der Waals surface area (Å²) >= 11 is 0. The second-order valence-electron chi connectivity index (χ2n) is 4.90. The topological polar surface area (TPSA) is 66.3 Å². The molecule has 0 aliphatic heterocycles. The van der Waals surface area contributed by atoms with Crippen molar-refractivity contribution in [2.45, 2.75) is 19.4 Å². The van der Waals surface area contributed by atoms with Gasteiger partial charge in [0.25, 0.3) is 0 Å². The van der Waals surface area contributed by atoms with E-state index in [4.69, 9.17) is 14.7 Å². The quantitative estimate of drug-likeness (QED) is 0.548. The lowest BCUT2D eigenvalue weighted by Gasteiger charge is -2.16. The maximum absolute atomic E-state index is 8.59. The van der Waals surface area contributed by atoms with Crippen LogP contribution in [0, 0.1) is 11.3 Å². The average Bonchev–Trinajstić information content (AvgIpc) is 2.60. The number of hydrazine groups is 1. The van der Waals surface area contributed by atoms with Gasteiger partial charge in [-0.3, -0.25) is 0 Å². The summed E-state index contributed by atoms with van der Waals surface area (Å²) in [6.07, 6.45) is 1.18. The van der Waals surface area contributed by atoms with Crippen molar-refractivity contribution in [3.63, 3.8) is 0 Å². The number of hydrogen-bond donors (Lipinski definition) is 2. The Morgan fingerprint density at radius 2 is 1.91 bits per heavy atom. The molecule has 2 aromatic rings. The molecule has 0 aromatic heterocycles. The Morgan fingerprint density at radius 3 is 2.65 bits per heavy atom. The monoisotopic (exact) mass is 311 g/mol. The van der Waals surface area contributed by atoms with E-state index < -0.39 is 0 Å². The molecule has 0 atom stereocenters. The molecule has 2 aromatic carbocycles. The minimum Gasteiger partial charge on any atom is -0.493 e. The van der Waals surface area contributed by atoms with Gasteiger partial charge in [0.15, 0.2) is 11.5 Å². The molecule has 120 valence electrons. The van der Waals surface area contributed by atoms with Gasteiger partial charge in [-0.1, -0.05) is 30.3 Å². The first kappa shape index (κ1) is 16.7. The van der Waals surface area contributed by atoms with Crippen LogP contribution in [0.1, 0.15) is 18.4 Å². The van der Waals surface area contributed by atoms with Gasteiger partial charge in [-0.05, 0) is 24.6 Å². The van der Waals surface area contributed by atoms with Crippen LogP contribution in [0.5, 0.6) is 11.5 Å². The molecule has 23 heavy (non-hydrogen) atoms. The number of nitrogens with zero attached hydrogens (tertiary/aromatic N) is 1. The summed E-state index contributed by atoms with van der Waals surface area (Å²) in [5.41, 5.74) is 8.30. The molecule has 2 rings (SSSR count). The maximum Gasteiger partial charge on any atom is 0.165 e. The second-order valence-corrected chi connectivity index (χ2v) is 4.90. The maximum atomic E-state index is 8.59. The zero-order valence-electron chi connectivity index (χ0n) is 13.2. The molecule has 0 heterocycles.